The Morgan fingerprint density at radius 1 is 1.03 bits per heavy atom. The number of nitrogens with one attached hydrogen (secondary N) is 2. The van der Waals surface area contributed by atoms with Gasteiger partial charge < -0.3 is 25.7 Å². The Morgan fingerprint density at radius 2 is 1.70 bits per heavy atom. The van der Waals surface area contributed by atoms with Crippen LogP contribution in [0.25, 0.3) is 0 Å². The largest absolute Gasteiger partial charge is 0.505 e. The molecule has 0 spiro atoms. The molecule has 1 amide bonds. The van der Waals surface area contributed by atoms with Crippen LogP contribution >= 0.6 is 0 Å². The van der Waals surface area contributed by atoms with Crippen LogP contribution in [-0.4, -0.2) is 40.2 Å². The van der Waals surface area contributed by atoms with Crippen LogP contribution in [0.5, 0.6) is 5.75 Å². The average molecular weight is 450 g/mol. The maximum Gasteiger partial charge on any atom is 0.257 e. The molecule has 4 rings (SSSR count). The Kier molecular flexibility index (Phi) is 6.46. The number of benzene rings is 2. The number of piperidine rings is 1. The number of aliphatic hydroxyl groups is 1. The van der Waals surface area contributed by atoms with E-state index in [0.29, 0.717) is 32.4 Å². The van der Waals surface area contributed by atoms with Gasteiger partial charge in [0, 0.05) is 13.1 Å². The predicted octanol–water partition coefficient (Wildman–Crippen LogP) is 2.89. The molecule has 33 heavy (non-hydrogen) atoms. The Bertz CT molecular complexity index is 1210. The zero-order chi connectivity index (χ0) is 23.5. The molecule has 1 aliphatic rings. The Labute approximate surface area is 191 Å². The molecule has 1 heterocycles. The molecule has 8 heteroatoms. The molecule has 1 aliphatic heterocycles. The van der Waals surface area contributed by atoms with E-state index in [9.17, 15) is 24.6 Å². The molecule has 4 N–H and O–H groups in total. The first kappa shape index (κ1) is 22.5. The molecule has 3 aromatic rings. The zero-order valence-electron chi connectivity index (χ0n) is 18.4. The second-order valence-corrected chi connectivity index (χ2v) is 8.27. The topological polar surface area (TPSA) is 119 Å². The molecule has 1 saturated heterocycles. The summed E-state index contributed by atoms with van der Waals surface area (Å²) in [7, 11) is 0. The summed E-state index contributed by atoms with van der Waals surface area (Å²) in [6, 6.07) is 14.1. The van der Waals surface area contributed by atoms with Crippen LogP contribution in [0, 0.1) is 0 Å². The standard InChI is InChI=1S/C25H27N3O5/c1-2-18(15-7-4-3-5-8-15)26-20-21(24(32)23(20)31)27-19-10-6-9-17(22(19)30)25(33)28-13-11-16(29)12-14-28/h3-10,16,18,26-27,29-30H,2,11-14H2,1H3. The fourth-order valence-electron chi connectivity index (χ4n) is 4.12. The minimum absolute atomic E-state index is 0.0652. The summed E-state index contributed by atoms with van der Waals surface area (Å²) in [5, 5.41) is 26.4. The van der Waals surface area contributed by atoms with Gasteiger partial charge in [-0.15, -0.1) is 0 Å². The molecule has 0 bridgehead atoms. The number of carbonyl (C=O) groups excluding carboxylic acids is 1. The zero-order valence-corrected chi connectivity index (χ0v) is 18.4. The van der Waals surface area contributed by atoms with Crippen molar-refractivity contribution in [3.63, 3.8) is 0 Å². The van der Waals surface area contributed by atoms with Crippen LogP contribution in [0.4, 0.5) is 17.1 Å². The van der Waals surface area contributed by atoms with E-state index in [1.54, 1.807) is 17.0 Å². The van der Waals surface area contributed by atoms with Crippen LogP contribution in [-0.2, 0) is 0 Å². The van der Waals surface area contributed by atoms with Gasteiger partial charge in [-0.05, 0) is 37.0 Å². The Morgan fingerprint density at radius 3 is 2.36 bits per heavy atom. The molecule has 172 valence electrons. The monoisotopic (exact) mass is 449 g/mol. The van der Waals surface area contributed by atoms with Gasteiger partial charge in [0.25, 0.3) is 16.8 Å². The number of nitrogens with zero attached hydrogens (tertiary/aromatic N) is 1. The molecule has 0 aliphatic carbocycles. The summed E-state index contributed by atoms with van der Waals surface area (Å²) in [4.78, 5) is 39.1. The van der Waals surface area contributed by atoms with Gasteiger partial charge in [-0.3, -0.25) is 14.4 Å². The molecule has 0 saturated carbocycles. The summed E-state index contributed by atoms with van der Waals surface area (Å²) < 4.78 is 0. The van der Waals surface area contributed by atoms with Gasteiger partial charge in [0.1, 0.15) is 11.4 Å². The fourth-order valence-corrected chi connectivity index (χ4v) is 4.12. The predicted molar refractivity (Wildman–Crippen MR) is 127 cm³/mol. The third-order valence-electron chi connectivity index (χ3n) is 6.12. The lowest BCUT2D eigenvalue weighted by atomic mass is 10.0. The van der Waals surface area contributed by atoms with Crippen molar-refractivity contribution in [2.75, 3.05) is 23.7 Å². The van der Waals surface area contributed by atoms with E-state index in [-0.39, 0.29) is 40.3 Å². The van der Waals surface area contributed by atoms with E-state index in [1.165, 1.54) is 6.07 Å². The van der Waals surface area contributed by atoms with Crippen LogP contribution in [0.3, 0.4) is 0 Å². The molecular formula is C25H27N3O5. The number of carbonyl (C=O) groups is 1. The molecule has 8 nitrogen and oxygen atoms in total. The number of aliphatic hydroxyl groups excluding tert-OH is 1. The molecule has 0 radical (unpaired) electrons. The second-order valence-electron chi connectivity index (χ2n) is 8.27. The number of para-hydroxylation sites is 1. The third-order valence-corrected chi connectivity index (χ3v) is 6.12. The van der Waals surface area contributed by atoms with Crippen molar-refractivity contribution in [2.45, 2.75) is 38.3 Å². The minimum atomic E-state index is -0.679. The number of amides is 1. The van der Waals surface area contributed by atoms with Crippen LogP contribution in [0.2, 0.25) is 0 Å². The van der Waals surface area contributed by atoms with E-state index in [0.717, 1.165) is 5.56 Å². The highest BCUT2D eigenvalue weighted by atomic mass is 16.3. The molecule has 1 unspecified atom stereocenters. The summed E-state index contributed by atoms with van der Waals surface area (Å²) in [5.74, 6) is -0.635. The highest BCUT2D eigenvalue weighted by Crippen LogP contribution is 2.33. The van der Waals surface area contributed by atoms with Crippen molar-refractivity contribution in [1.29, 1.82) is 0 Å². The first-order valence-electron chi connectivity index (χ1n) is 11.1. The lowest BCUT2D eigenvalue weighted by Gasteiger charge is -2.30. The number of aromatic hydroxyl groups is 1. The Hall–Kier alpha value is -3.65. The highest BCUT2D eigenvalue weighted by Gasteiger charge is 2.27. The van der Waals surface area contributed by atoms with Gasteiger partial charge in [0.2, 0.25) is 0 Å². The van der Waals surface area contributed by atoms with E-state index in [1.807, 2.05) is 37.3 Å². The summed E-state index contributed by atoms with van der Waals surface area (Å²) >= 11 is 0. The van der Waals surface area contributed by atoms with Gasteiger partial charge in [-0.2, -0.15) is 0 Å². The first-order valence-corrected chi connectivity index (χ1v) is 11.1. The maximum atomic E-state index is 12.9. The number of phenols is 1. The van der Waals surface area contributed by atoms with Crippen molar-refractivity contribution < 1.29 is 15.0 Å². The van der Waals surface area contributed by atoms with E-state index in [4.69, 9.17) is 0 Å². The van der Waals surface area contributed by atoms with Crippen LogP contribution < -0.4 is 21.5 Å². The van der Waals surface area contributed by atoms with Gasteiger partial charge in [0.05, 0.1) is 23.4 Å². The fraction of sp³-hybridized carbons (Fsp3) is 0.320. The van der Waals surface area contributed by atoms with Crippen molar-refractivity contribution in [3.8, 4) is 5.75 Å². The Balaban J connectivity index is 1.56. The van der Waals surface area contributed by atoms with E-state index >= 15 is 0 Å². The van der Waals surface area contributed by atoms with Crippen molar-refractivity contribution in [1.82, 2.24) is 4.90 Å². The summed E-state index contributed by atoms with van der Waals surface area (Å²) in [5.41, 5.74) is 0.182. The molecule has 1 atom stereocenters. The normalized spacial score (nSPS) is 15.4. The molecule has 0 aromatic heterocycles. The number of anilines is 3. The lowest BCUT2D eigenvalue weighted by molar-refractivity contribution is 0.0544. The first-order chi connectivity index (χ1) is 15.9. The van der Waals surface area contributed by atoms with Gasteiger partial charge in [-0.25, -0.2) is 0 Å². The second kappa shape index (κ2) is 9.46. The molecule has 1 fully saturated rings. The van der Waals surface area contributed by atoms with Gasteiger partial charge in [-0.1, -0.05) is 43.3 Å². The SMILES string of the molecule is CCC(Nc1c(Nc2cccc(C(=O)N3CCC(O)CC3)c2O)c(=O)c1=O)c1ccccc1. The smallest absolute Gasteiger partial charge is 0.257 e. The highest BCUT2D eigenvalue weighted by molar-refractivity contribution is 5.99. The van der Waals surface area contributed by atoms with Crippen molar-refractivity contribution in [3.05, 3.63) is 80.1 Å². The van der Waals surface area contributed by atoms with E-state index in [2.05, 4.69) is 10.6 Å². The molecular weight excluding hydrogens is 422 g/mol. The van der Waals surface area contributed by atoms with Crippen LogP contribution in [0.1, 0.15) is 48.1 Å². The number of hydrogen-bond acceptors (Lipinski definition) is 7. The van der Waals surface area contributed by atoms with Gasteiger partial charge in [0.15, 0.2) is 5.75 Å². The summed E-state index contributed by atoms with van der Waals surface area (Å²) in [6.07, 6.45) is 1.26. The maximum absolute atomic E-state index is 12.9. The number of rotatable bonds is 7. The average Bonchev–Trinajstić information content (AvgIpc) is 2.85. The minimum Gasteiger partial charge on any atom is -0.505 e. The van der Waals surface area contributed by atoms with Crippen molar-refractivity contribution in [2.24, 2.45) is 0 Å². The number of likely N-dealkylation sites (tertiary alicyclic amines) is 1. The van der Waals surface area contributed by atoms with E-state index < -0.39 is 17.0 Å². The quantitative estimate of drug-likeness (QED) is 0.323. The lowest BCUT2D eigenvalue weighted by Crippen LogP contribution is -2.40. The third kappa shape index (κ3) is 4.47. The van der Waals surface area contributed by atoms with Crippen molar-refractivity contribution >= 4 is 23.0 Å². The van der Waals surface area contributed by atoms with Gasteiger partial charge >= 0.3 is 0 Å². The number of phenolic OH excluding ortho intramolecular Hbond substituents is 1. The summed E-state index contributed by atoms with van der Waals surface area (Å²) in [6.45, 7) is 2.78. The number of hydrogen-bond donors (Lipinski definition) is 4. The van der Waals surface area contributed by atoms with Crippen LogP contribution in [0.15, 0.2) is 58.1 Å². The molecule has 3 aromatic carbocycles.